The van der Waals surface area contributed by atoms with E-state index < -0.39 is 0 Å². The van der Waals surface area contributed by atoms with Gasteiger partial charge in [0, 0.05) is 16.8 Å². The molecule has 0 aliphatic carbocycles. The van der Waals surface area contributed by atoms with E-state index in [2.05, 4.69) is 15.2 Å². The van der Waals surface area contributed by atoms with E-state index in [9.17, 15) is 0 Å². The summed E-state index contributed by atoms with van der Waals surface area (Å²) in [4.78, 5) is 5.15. The fourth-order valence-corrected chi connectivity index (χ4v) is 3.38. The zero-order chi connectivity index (χ0) is 9.97. The molecule has 2 aromatic rings. The Bertz CT molecular complexity index is 382. The van der Waals surface area contributed by atoms with E-state index in [-0.39, 0.29) is 0 Å². The zero-order valence-electron chi connectivity index (χ0n) is 7.43. The van der Waals surface area contributed by atoms with Gasteiger partial charge in [0.15, 0.2) is 9.47 Å². The molecule has 2 N–H and O–H groups in total. The largest absolute Gasteiger partial charge is 0.375 e. The first-order valence-electron chi connectivity index (χ1n) is 3.87. The predicted molar refractivity (Wildman–Crippen MR) is 60.7 cm³/mol. The monoisotopic (exact) mass is 244 g/mol. The van der Waals surface area contributed by atoms with Gasteiger partial charge in [-0.1, -0.05) is 23.1 Å². The summed E-state index contributed by atoms with van der Waals surface area (Å²) >= 11 is 4.79. The van der Waals surface area contributed by atoms with Crippen molar-refractivity contribution >= 4 is 39.6 Å². The van der Waals surface area contributed by atoms with Gasteiger partial charge in [0.2, 0.25) is 0 Å². The molecule has 7 heteroatoms. The number of nitrogens with zero attached hydrogens (tertiary/aromatic N) is 3. The molecule has 0 spiro atoms. The Balaban J connectivity index is 1.94. The van der Waals surface area contributed by atoms with Crippen LogP contribution in [0.4, 0.5) is 5.13 Å². The third-order valence-corrected chi connectivity index (χ3v) is 4.45. The molecule has 14 heavy (non-hydrogen) atoms. The fraction of sp³-hybridized carbons (Fsp3) is 0.286. The van der Waals surface area contributed by atoms with Gasteiger partial charge < -0.3 is 5.73 Å². The van der Waals surface area contributed by atoms with Crippen molar-refractivity contribution in [1.82, 2.24) is 15.2 Å². The van der Waals surface area contributed by atoms with Crippen LogP contribution in [0.1, 0.15) is 9.88 Å². The van der Waals surface area contributed by atoms with Crippen LogP contribution in [-0.2, 0) is 5.75 Å². The number of aromatic nitrogens is 3. The molecule has 0 saturated heterocycles. The van der Waals surface area contributed by atoms with Crippen molar-refractivity contribution in [1.29, 1.82) is 0 Å². The van der Waals surface area contributed by atoms with Crippen LogP contribution in [0.25, 0.3) is 0 Å². The topological polar surface area (TPSA) is 64.7 Å². The van der Waals surface area contributed by atoms with Crippen LogP contribution in [0.3, 0.4) is 0 Å². The number of nitrogen functional groups attached to an aromatic ring is 1. The Labute approximate surface area is 93.6 Å². The van der Waals surface area contributed by atoms with Crippen LogP contribution >= 0.6 is 34.4 Å². The second kappa shape index (κ2) is 4.24. The quantitative estimate of drug-likeness (QED) is 0.838. The van der Waals surface area contributed by atoms with Crippen molar-refractivity contribution < 1.29 is 0 Å². The summed E-state index contributed by atoms with van der Waals surface area (Å²) < 4.78 is 0.995. The van der Waals surface area contributed by atoms with E-state index in [4.69, 9.17) is 5.73 Å². The number of hydrogen-bond donors (Lipinski definition) is 1. The van der Waals surface area contributed by atoms with Gasteiger partial charge >= 0.3 is 0 Å². The van der Waals surface area contributed by atoms with E-state index in [1.165, 1.54) is 16.2 Å². The van der Waals surface area contributed by atoms with Gasteiger partial charge in [0.1, 0.15) is 5.01 Å². The van der Waals surface area contributed by atoms with Crippen LogP contribution in [0.2, 0.25) is 0 Å². The van der Waals surface area contributed by atoms with Gasteiger partial charge in [-0.15, -0.1) is 21.5 Å². The molecule has 0 aromatic carbocycles. The summed E-state index contributed by atoms with van der Waals surface area (Å²) in [7, 11) is 0. The lowest BCUT2D eigenvalue weighted by atomic mass is 10.6. The van der Waals surface area contributed by atoms with Gasteiger partial charge in [-0.2, -0.15) is 0 Å². The summed E-state index contributed by atoms with van der Waals surface area (Å²) in [5, 5.41) is 9.58. The molecule has 0 atom stereocenters. The number of anilines is 1. The lowest BCUT2D eigenvalue weighted by Crippen LogP contribution is -1.77. The van der Waals surface area contributed by atoms with Crippen molar-refractivity contribution in [3.63, 3.8) is 0 Å². The molecule has 4 nitrogen and oxygen atoms in total. The van der Waals surface area contributed by atoms with E-state index in [0.29, 0.717) is 5.13 Å². The summed E-state index contributed by atoms with van der Waals surface area (Å²) in [6.45, 7) is 1.95. The van der Waals surface area contributed by atoms with Crippen molar-refractivity contribution in [3.8, 4) is 0 Å². The molecule has 0 aliphatic rings. The van der Waals surface area contributed by atoms with E-state index in [0.717, 1.165) is 15.1 Å². The number of hydrogen-bond acceptors (Lipinski definition) is 7. The number of rotatable bonds is 3. The van der Waals surface area contributed by atoms with E-state index in [1.807, 2.05) is 6.92 Å². The van der Waals surface area contributed by atoms with Gasteiger partial charge in [-0.05, 0) is 6.92 Å². The van der Waals surface area contributed by atoms with Crippen LogP contribution in [-0.4, -0.2) is 15.2 Å². The van der Waals surface area contributed by atoms with Crippen LogP contribution in [0.5, 0.6) is 0 Å². The molecule has 2 rings (SSSR count). The number of thiazole rings is 1. The lowest BCUT2D eigenvalue weighted by molar-refractivity contribution is 0.984. The second-order valence-corrected chi connectivity index (χ2v) is 6.09. The molecule has 0 unspecified atom stereocenters. The van der Waals surface area contributed by atoms with Crippen molar-refractivity contribution in [2.45, 2.75) is 17.0 Å². The Hall–Kier alpha value is -0.660. The van der Waals surface area contributed by atoms with Gasteiger partial charge in [-0.3, -0.25) is 0 Å². The van der Waals surface area contributed by atoms with E-state index in [1.54, 1.807) is 29.3 Å². The molecule has 2 aromatic heterocycles. The molecule has 2 heterocycles. The van der Waals surface area contributed by atoms with Crippen molar-refractivity contribution in [2.24, 2.45) is 0 Å². The second-order valence-electron chi connectivity index (χ2n) is 2.54. The number of thioether (sulfide) groups is 1. The highest BCUT2D eigenvalue weighted by Crippen LogP contribution is 2.28. The average molecular weight is 244 g/mol. The summed E-state index contributed by atoms with van der Waals surface area (Å²) in [5.74, 6) is 0.865. The van der Waals surface area contributed by atoms with Crippen LogP contribution in [0.15, 0.2) is 10.5 Å². The molecule has 74 valence electrons. The first-order chi connectivity index (χ1) is 6.74. The SMILES string of the molecule is Cc1nnc(SCc2cnc(N)s2)s1. The maximum absolute atomic E-state index is 5.52. The Morgan fingerprint density at radius 1 is 1.43 bits per heavy atom. The first kappa shape index (κ1) is 9.88. The molecule has 0 bridgehead atoms. The molecular formula is C7H8N4S3. The third kappa shape index (κ3) is 2.43. The first-order valence-corrected chi connectivity index (χ1v) is 6.49. The highest BCUT2D eigenvalue weighted by Gasteiger charge is 2.03. The Kier molecular flexibility index (Phi) is 2.99. The minimum atomic E-state index is 0.619. The minimum absolute atomic E-state index is 0.619. The fourth-order valence-electron chi connectivity index (χ4n) is 0.859. The highest BCUT2D eigenvalue weighted by molar-refractivity contribution is 8.00. The molecule has 0 saturated carbocycles. The average Bonchev–Trinajstić information content (AvgIpc) is 2.72. The Morgan fingerprint density at radius 3 is 2.86 bits per heavy atom. The number of aryl methyl sites for hydroxylation is 1. The summed E-state index contributed by atoms with van der Waals surface area (Å²) in [5.41, 5.74) is 5.52. The Morgan fingerprint density at radius 2 is 2.29 bits per heavy atom. The standard InChI is InChI=1S/C7H8N4S3/c1-4-10-11-7(13-4)12-3-5-2-9-6(8)14-5/h2H,3H2,1H3,(H2,8,9). The smallest absolute Gasteiger partial charge is 0.180 e. The van der Waals surface area contributed by atoms with Crippen LogP contribution in [0, 0.1) is 6.92 Å². The normalized spacial score (nSPS) is 10.6. The predicted octanol–water partition coefficient (Wildman–Crippen LogP) is 2.18. The van der Waals surface area contributed by atoms with Gasteiger partial charge in [0.05, 0.1) is 0 Å². The van der Waals surface area contributed by atoms with Gasteiger partial charge in [0.25, 0.3) is 0 Å². The molecule has 0 aliphatic heterocycles. The van der Waals surface area contributed by atoms with Gasteiger partial charge in [-0.25, -0.2) is 4.98 Å². The zero-order valence-corrected chi connectivity index (χ0v) is 9.88. The lowest BCUT2D eigenvalue weighted by Gasteiger charge is -1.90. The molecule has 0 radical (unpaired) electrons. The maximum Gasteiger partial charge on any atom is 0.180 e. The van der Waals surface area contributed by atoms with Crippen molar-refractivity contribution in [2.75, 3.05) is 5.73 Å². The van der Waals surface area contributed by atoms with Crippen molar-refractivity contribution in [3.05, 3.63) is 16.1 Å². The molecule has 0 fully saturated rings. The molecule has 0 amide bonds. The summed E-state index contributed by atoms with van der Waals surface area (Å²) in [6, 6.07) is 0. The summed E-state index contributed by atoms with van der Waals surface area (Å²) in [6.07, 6.45) is 1.81. The number of nitrogens with two attached hydrogens (primary N) is 1. The van der Waals surface area contributed by atoms with E-state index >= 15 is 0 Å². The van der Waals surface area contributed by atoms with Crippen LogP contribution < -0.4 is 5.73 Å². The maximum atomic E-state index is 5.52. The third-order valence-electron chi connectivity index (χ3n) is 1.42. The minimum Gasteiger partial charge on any atom is -0.375 e. The highest BCUT2D eigenvalue weighted by atomic mass is 32.2. The molecular weight excluding hydrogens is 236 g/mol.